The average molecular weight is 276 g/mol. The first-order valence-corrected chi connectivity index (χ1v) is 6.61. The van der Waals surface area contributed by atoms with Gasteiger partial charge >= 0.3 is 6.09 Å². The summed E-state index contributed by atoms with van der Waals surface area (Å²) >= 11 is 0. The van der Waals surface area contributed by atoms with Gasteiger partial charge in [0.25, 0.3) is 0 Å². The smallest absolute Gasteiger partial charge is 0.407 e. The van der Waals surface area contributed by atoms with Crippen LogP contribution in [0.5, 0.6) is 5.75 Å². The summed E-state index contributed by atoms with van der Waals surface area (Å²) in [7, 11) is 0. The van der Waals surface area contributed by atoms with E-state index in [9.17, 15) is 4.79 Å². The minimum Gasteiger partial charge on any atom is -0.492 e. The Kier molecular flexibility index (Phi) is 4.17. The summed E-state index contributed by atoms with van der Waals surface area (Å²) in [6.07, 6.45) is 1.46. The number of carbonyl (C=O) groups is 1. The highest BCUT2D eigenvalue weighted by Crippen LogP contribution is 2.19. The lowest BCUT2D eigenvalue weighted by Crippen LogP contribution is -2.34. The monoisotopic (exact) mass is 276 g/mol. The first kappa shape index (κ1) is 14.2. The zero-order valence-corrected chi connectivity index (χ0v) is 12.0. The normalized spacial score (nSPS) is 11.3. The number of H-pyrrole nitrogens is 1. The van der Waals surface area contributed by atoms with E-state index in [-0.39, 0.29) is 0 Å². The number of aromatic amines is 1. The fourth-order valence-corrected chi connectivity index (χ4v) is 1.75. The van der Waals surface area contributed by atoms with Crippen LogP contribution in [0.2, 0.25) is 0 Å². The second kappa shape index (κ2) is 5.86. The first-order chi connectivity index (χ1) is 9.44. The van der Waals surface area contributed by atoms with Crippen LogP contribution in [0.25, 0.3) is 10.9 Å². The van der Waals surface area contributed by atoms with Gasteiger partial charge < -0.3 is 19.8 Å². The van der Waals surface area contributed by atoms with E-state index in [2.05, 4.69) is 10.3 Å². The van der Waals surface area contributed by atoms with Crippen LogP contribution in [0.15, 0.2) is 30.5 Å². The quantitative estimate of drug-likeness (QED) is 0.843. The number of ether oxygens (including phenoxy) is 2. The third-order valence-electron chi connectivity index (χ3n) is 2.57. The number of fused-ring (bicyclic) bond motifs is 1. The van der Waals surface area contributed by atoms with Crippen molar-refractivity contribution in [1.82, 2.24) is 10.3 Å². The van der Waals surface area contributed by atoms with Crippen molar-refractivity contribution in [1.29, 1.82) is 0 Å². The van der Waals surface area contributed by atoms with Gasteiger partial charge in [0, 0.05) is 17.8 Å². The van der Waals surface area contributed by atoms with Gasteiger partial charge in [0.1, 0.15) is 18.0 Å². The number of aromatic nitrogens is 1. The molecule has 5 heteroatoms. The SMILES string of the molecule is CC(C)(C)OC(=O)NCCOc1ccc2cc[nH]c2c1. The Morgan fingerprint density at radius 1 is 1.30 bits per heavy atom. The molecule has 1 heterocycles. The molecule has 20 heavy (non-hydrogen) atoms. The zero-order valence-electron chi connectivity index (χ0n) is 12.0. The molecule has 0 aliphatic carbocycles. The largest absolute Gasteiger partial charge is 0.492 e. The fourth-order valence-electron chi connectivity index (χ4n) is 1.75. The summed E-state index contributed by atoms with van der Waals surface area (Å²) in [5, 5.41) is 3.79. The van der Waals surface area contributed by atoms with Crippen molar-refractivity contribution in [3.05, 3.63) is 30.5 Å². The number of nitrogens with one attached hydrogen (secondary N) is 2. The number of benzene rings is 1. The van der Waals surface area contributed by atoms with Crippen LogP contribution in [0, 0.1) is 0 Å². The van der Waals surface area contributed by atoms with E-state index in [1.54, 1.807) is 0 Å². The van der Waals surface area contributed by atoms with Gasteiger partial charge in [0.05, 0.1) is 6.54 Å². The van der Waals surface area contributed by atoms with Crippen LogP contribution in [0.1, 0.15) is 20.8 Å². The van der Waals surface area contributed by atoms with Gasteiger partial charge in [-0.2, -0.15) is 0 Å². The van der Waals surface area contributed by atoms with Crippen LogP contribution < -0.4 is 10.1 Å². The molecule has 5 nitrogen and oxygen atoms in total. The number of carbonyl (C=O) groups excluding carboxylic acids is 1. The number of hydrogen-bond acceptors (Lipinski definition) is 3. The molecule has 2 aromatic rings. The Hall–Kier alpha value is -2.17. The summed E-state index contributed by atoms with van der Waals surface area (Å²) < 4.78 is 10.7. The van der Waals surface area contributed by atoms with Crippen LogP contribution in [0.3, 0.4) is 0 Å². The molecule has 0 bridgehead atoms. The first-order valence-electron chi connectivity index (χ1n) is 6.61. The Morgan fingerprint density at radius 2 is 2.10 bits per heavy atom. The minimum absolute atomic E-state index is 0.394. The topological polar surface area (TPSA) is 63.4 Å². The van der Waals surface area contributed by atoms with E-state index in [0.29, 0.717) is 13.2 Å². The standard InChI is InChI=1S/C15H20N2O3/c1-15(2,3)20-14(18)17-8-9-19-12-5-4-11-6-7-16-13(11)10-12/h4-7,10,16H,8-9H2,1-3H3,(H,17,18). The maximum absolute atomic E-state index is 11.4. The maximum atomic E-state index is 11.4. The molecule has 0 saturated carbocycles. The number of rotatable bonds is 4. The van der Waals surface area contributed by atoms with Crippen LogP contribution in [-0.2, 0) is 4.74 Å². The van der Waals surface area contributed by atoms with E-state index >= 15 is 0 Å². The van der Waals surface area contributed by atoms with Crippen LogP contribution >= 0.6 is 0 Å². The second-order valence-electron chi connectivity index (χ2n) is 5.50. The van der Waals surface area contributed by atoms with Gasteiger partial charge in [-0.25, -0.2) is 4.79 Å². The molecule has 1 amide bonds. The molecule has 2 rings (SSSR count). The van der Waals surface area contributed by atoms with Crippen LogP contribution in [0.4, 0.5) is 4.79 Å². The Balaban J connectivity index is 1.74. The fraction of sp³-hybridized carbons (Fsp3) is 0.400. The lowest BCUT2D eigenvalue weighted by atomic mass is 10.2. The van der Waals surface area contributed by atoms with Gasteiger partial charge in [0.15, 0.2) is 0 Å². The third-order valence-corrected chi connectivity index (χ3v) is 2.57. The molecule has 1 aromatic heterocycles. The van der Waals surface area contributed by atoms with Gasteiger partial charge in [-0.3, -0.25) is 0 Å². The van der Waals surface area contributed by atoms with Gasteiger partial charge in [-0.15, -0.1) is 0 Å². The van der Waals surface area contributed by atoms with Gasteiger partial charge in [0.2, 0.25) is 0 Å². The van der Waals surface area contributed by atoms with E-state index in [1.165, 1.54) is 0 Å². The highest BCUT2D eigenvalue weighted by atomic mass is 16.6. The van der Waals surface area contributed by atoms with E-state index in [0.717, 1.165) is 16.7 Å². The van der Waals surface area contributed by atoms with Crippen molar-refractivity contribution in [2.75, 3.05) is 13.2 Å². The number of hydrogen-bond donors (Lipinski definition) is 2. The molecule has 0 spiro atoms. The molecule has 108 valence electrons. The summed E-state index contributed by atoms with van der Waals surface area (Å²) in [4.78, 5) is 14.5. The molecule has 0 aliphatic rings. The molecular weight excluding hydrogens is 256 g/mol. The number of alkyl carbamates (subject to hydrolysis) is 1. The highest BCUT2D eigenvalue weighted by molar-refractivity contribution is 5.80. The van der Waals surface area contributed by atoms with Crippen molar-refractivity contribution in [3.63, 3.8) is 0 Å². The van der Waals surface area contributed by atoms with E-state index in [4.69, 9.17) is 9.47 Å². The van der Waals surface area contributed by atoms with Crippen molar-refractivity contribution >= 4 is 17.0 Å². The number of amides is 1. The van der Waals surface area contributed by atoms with Crippen molar-refractivity contribution in [2.24, 2.45) is 0 Å². The minimum atomic E-state index is -0.483. The predicted molar refractivity (Wildman–Crippen MR) is 78.0 cm³/mol. The maximum Gasteiger partial charge on any atom is 0.407 e. The average Bonchev–Trinajstić information content (AvgIpc) is 2.79. The molecule has 0 saturated heterocycles. The molecule has 0 radical (unpaired) electrons. The van der Waals surface area contributed by atoms with Crippen molar-refractivity contribution in [3.8, 4) is 5.75 Å². The zero-order chi connectivity index (χ0) is 14.6. The van der Waals surface area contributed by atoms with Crippen LogP contribution in [-0.4, -0.2) is 29.8 Å². The van der Waals surface area contributed by atoms with Crippen molar-refractivity contribution in [2.45, 2.75) is 26.4 Å². The molecular formula is C15H20N2O3. The third kappa shape index (κ3) is 4.19. The lowest BCUT2D eigenvalue weighted by Gasteiger charge is -2.19. The molecule has 2 N–H and O–H groups in total. The molecule has 0 aliphatic heterocycles. The second-order valence-corrected chi connectivity index (χ2v) is 5.50. The summed E-state index contributed by atoms with van der Waals surface area (Å²) in [5.74, 6) is 0.769. The summed E-state index contributed by atoms with van der Waals surface area (Å²) in [5.41, 5.74) is 0.548. The Labute approximate surface area is 118 Å². The molecule has 1 aromatic carbocycles. The Morgan fingerprint density at radius 3 is 2.85 bits per heavy atom. The lowest BCUT2D eigenvalue weighted by molar-refractivity contribution is 0.0520. The molecule has 0 fully saturated rings. The van der Waals surface area contributed by atoms with Gasteiger partial charge in [-0.05, 0) is 44.4 Å². The van der Waals surface area contributed by atoms with Crippen molar-refractivity contribution < 1.29 is 14.3 Å². The molecule has 0 atom stereocenters. The predicted octanol–water partition coefficient (Wildman–Crippen LogP) is 3.07. The van der Waals surface area contributed by atoms with Gasteiger partial charge in [-0.1, -0.05) is 0 Å². The molecule has 0 unspecified atom stereocenters. The van der Waals surface area contributed by atoms with E-state index < -0.39 is 11.7 Å². The Bertz CT molecular complexity index is 584. The van der Waals surface area contributed by atoms with E-state index in [1.807, 2.05) is 51.2 Å². The summed E-state index contributed by atoms with van der Waals surface area (Å²) in [6, 6.07) is 7.83. The summed E-state index contributed by atoms with van der Waals surface area (Å²) in [6.45, 7) is 6.28. The highest BCUT2D eigenvalue weighted by Gasteiger charge is 2.15.